The molecule has 2 aliphatic rings. The van der Waals surface area contributed by atoms with Crippen LogP contribution in [-0.2, 0) is 14.8 Å². The van der Waals surface area contributed by atoms with Crippen molar-refractivity contribution in [3.05, 3.63) is 53.8 Å². The van der Waals surface area contributed by atoms with E-state index in [1.807, 2.05) is 4.90 Å². The number of hydrogen-bond acceptors (Lipinski definition) is 7. The normalized spacial score (nSPS) is 20.1. The van der Waals surface area contributed by atoms with Gasteiger partial charge in [-0.05, 0) is 61.2 Å². The molecule has 33 heavy (non-hydrogen) atoms. The van der Waals surface area contributed by atoms with Gasteiger partial charge in [0.25, 0.3) is 0 Å². The molecule has 0 radical (unpaired) electrons. The number of thiazole rings is 1. The second-order valence-corrected chi connectivity index (χ2v) is 11.6. The van der Waals surface area contributed by atoms with Crippen LogP contribution in [0.25, 0.3) is 10.2 Å². The summed E-state index contributed by atoms with van der Waals surface area (Å²) in [6.45, 7) is 4.12. The Morgan fingerprint density at radius 3 is 2.64 bits per heavy atom. The first-order chi connectivity index (χ1) is 15.8. The summed E-state index contributed by atoms with van der Waals surface area (Å²) < 4.78 is 47.0. The Balaban J connectivity index is 1.18. The third kappa shape index (κ3) is 4.47. The van der Waals surface area contributed by atoms with Gasteiger partial charge in [0.05, 0.1) is 33.8 Å². The lowest BCUT2D eigenvalue weighted by atomic mass is 10.0. The van der Waals surface area contributed by atoms with Crippen LogP contribution in [0.5, 0.6) is 0 Å². The number of aromatic nitrogens is 1. The van der Waals surface area contributed by atoms with Crippen molar-refractivity contribution < 1.29 is 22.3 Å². The van der Waals surface area contributed by atoms with Crippen LogP contribution in [0.1, 0.15) is 30.1 Å². The Morgan fingerprint density at radius 1 is 1.15 bits per heavy atom. The van der Waals surface area contributed by atoms with Crippen LogP contribution in [-0.4, -0.2) is 56.0 Å². The van der Waals surface area contributed by atoms with Gasteiger partial charge in [-0.2, -0.15) is 4.31 Å². The number of nitrogens with zero attached hydrogens (tertiary/aromatic N) is 3. The Labute approximate surface area is 195 Å². The molecule has 2 fully saturated rings. The molecule has 0 saturated carbocycles. The standard InChI is InChI=1S/C23H24FN3O4S2/c1-15-3-2-10-27(12-15)33(29,30)19-7-4-16(5-8-19)22(28)31-18-13-26(14-18)23-25-20-9-6-17(24)11-21(20)32-23/h4-9,11,15,18H,2-3,10,12-14H2,1H3. The minimum atomic E-state index is -3.56. The van der Waals surface area contributed by atoms with Crippen molar-refractivity contribution in [1.82, 2.24) is 9.29 Å². The fourth-order valence-corrected chi connectivity index (χ4v) is 6.79. The third-order valence-electron chi connectivity index (χ3n) is 6.08. The first-order valence-corrected chi connectivity index (χ1v) is 13.2. The molecule has 0 N–H and O–H groups in total. The zero-order valence-corrected chi connectivity index (χ0v) is 19.7. The molecule has 2 aliphatic heterocycles. The predicted octanol–water partition coefficient (Wildman–Crippen LogP) is 3.90. The van der Waals surface area contributed by atoms with Crippen LogP contribution in [0.4, 0.5) is 9.52 Å². The molecule has 2 saturated heterocycles. The fourth-order valence-electron chi connectivity index (χ4n) is 4.19. The predicted molar refractivity (Wildman–Crippen MR) is 125 cm³/mol. The SMILES string of the molecule is CC1CCCN(S(=O)(=O)c2ccc(C(=O)OC3CN(c4nc5ccc(F)cc5s4)C3)cc2)C1. The van der Waals surface area contributed by atoms with E-state index in [1.165, 1.54) is 52.0 Å². The highest BCUT2D eigenvalue weighted by Crippen LogP contribution is 2.32. The number of esters is 1. The average Bonchev–Trinajstić information content (AvgIpc) is 3.18. The summed E-state index contributed by atoms with van der Waals surface area (Å²) in [5, 5.41) is 0.768. The highest BCUT2D eigenvalue weighted by atomic mass is 32.2. The first-order valence-electron chi connectivity index (χ1n) is 10.9. The van der Waals surface area contributed by atoms with Crippen LogP contribution in [0, 0.1) is 11.7 Å². The number of fused-ring (bicyclic) bond motifs is 1. The molecule has 3 aromatic rings. The van der Waals surface area contributed by atoms with E-state index in [-0.39, 0.29) is 16.8 Å². The Morgan fingerprint density at radius 2 is 1.91 bits per heavy atom. The second kappa shape index (κ2) is 8.66. The van der Waals surface area contributed by atoms with Gasteiger partial charge in [-0.15, -0.1) is 0 Å². The van der Waals surface area contributed by atoms with E-state index < -0.39 is 16.0 Å². The number of carbonyl (C=O) groups is 1. The number of halogens is 1. The third-order valence-corrected chi connectivity index (χ3v) is 9.04. The Hall–Kier alpha value is -2.56. The van der Waals surface area contributed by atoms with Crippen molar-refractivity contribution in [3.8, 4) is 0 Å². The van der Waals surface area contributed by atoms with Gasteiger partial charge in [-0.25, -0.2) is 22.6 Å². The lowest BCUT2D eigenvalue weighted by Crippen LogP contribution is -2.53. The average molecular weight is 490 g/mol. The zero-order valence-electron chi connectivity index (χ0n) is 18.1. The lowest BCUT2D eigenvalue weighted by molar-refractivity contribution is 0.0234. The van der Waals surface area contributed by atoms with Gasteiger partial charge in [-0.1, -0.05) is 18.3 Å². The first kappa shape index (κ1) is 22.2. The number of rotatable bonds is 5. The van der Waals surface area contributed by atoms with E-state index >= 15 is 0 Å². The van der Waals surface area contributed by atoms with Crippen molar-refractivity contribution in [2.45, 2.75) is 30.8 Å². The largest absolute Gasteiger partial charge is 0.455 e. The number of sulfonamides is 1. The van der Waals surface area contributed by atoms with Crippen LogP contribution in [0.3, 0.4) is 0 Å². The van der Waals surface area contributed by atoms with Crippen molar-refractivity contribution in [2.75, 3.05) is 31.1 Å². The van der Waals surface area contributed by atoms with Crippen LogP contribution < -0.4 is 4.90 Å². The zero-order chi connectivity index (χ0) is 23.2. The number of piperidine rings is 1. The number of benzene rings is 2. The Bertz CT molecular complexity index is 1290. The van der Waals surface area contributed by atoms with Gasteiger partial charge in [0, 0.05) is 13.1 Å². The molecule has 0 amide bonds. The van der Waals surface area contributed by atoms with E-state index in [0.29, 0.717) is 37.7 Å². The molecular weight excluding hydrogens is 465 g/mol. The molecule has 5 rings (SSSR count). The van der Waals surface area contributed by atoms with Crippen LogP contribution in [0.15, 0.2) is 47.4 Å². The topological polar surface area (TPSA) is 79.8 Å². The molecule has 2 aromatic carbocycles. The molecule has 1 atom stereocenters. The van der Waals surface area contributed by atoms with Gasteiger partial charge in [0.2, 0.25) is 10.0 Å². The molecule has 10 heteroatoms. The minimum absolute atomic E-state index is 0.190. The minimum Gasteiger partial charge on any atom is -0.455 e. The van der Waals surface area contributed by atoms with E-state index in [9.17, 15) is 17.6 Å². The van der Waals surface area contributed by atoms with Gasteiger partial charge < -0.3 is 9.64 Å². The van der Waals surface area contributed by atoms with Crippen molar-refractivity contribution in [1.29, 1.82) is 0 Å². The number of anilines is 1. The lowest BCUT2D eigenvalue weighted by Gasteiger charge is -2.38. The molecule has 1 unspecified atom stereocenters. The summed E-state index contributed by atoms with van der Waals surface area (Å²) in [5.41, 5.74) is 1.06. The van der Waals surface area contributed by atoms with Gasteiger partial charge in [0.1, 0.15) is 11.9 Å². The molecule has 1 aromatic heterocycles. The van der Waals surface area contributed by atoms with E-state index in [1.54, 1.807) is 6.07 Å². The quantitative estimate of drug-likeness (QED) is 0.506. The highest BCUT2D eigenvalue weighted by Gasteiger charge is 2.33. The number of hydrogen-bond donors (Lipinski definition) is 0. The van der Waals surface area contributed by atoms with Gasteiger partial charge in [0.15, 0.2) is 5.13 Å². The van der Waals surface area contributed by atoms with E-state index in [4.69, 9.17) is 4.74 Å². The number of carbonyl (C=O) groups excluding carboxylic acids is 1. The maximum absolute atomic E-state index is 13.4. The summed E-state index contributed by atoms with van der Waals surface area (Å²) in [5.74, 6) is -0.437. The van der Waals surface area contributed by atoms with E-state index in [2.05, 4.69) is 11.9 Å². The highest BCUT2D eigenvalue weighted by molar-refractivity contribution is 7.89. The molecule has 7 nitrogen and oxygen atoms in total. The Kier molecular flexibility index (Phi) is 5.84. The maximum Gasteiger partial charge on any atom is 0.338 e. The summed E-state index contributed by atoms with van der Waals surface area (Å²) in [6.07, 6.45) is 1.61. The monoisotopic (exact) mass is 489 g/mol. The van der Waals surface area contributed by atoms with E-state index in [0.717, 1.165) is 28.2 Å². The summed E-state index contributed by atoms with van der Waals surface area (Å²) >= 11 is 1.40. The second-order valence-electron chi connectivity index (χ2n) is 8.68. The van der Waals surface area contributed by atoms with Crippen LogP contribution in [0.2, 0.25) is 0 Å². The van der Waals surface area contributed by atoms with Crippen molar-refractivity contribution >= 4 is 42.7 Å². The smallest absolute Gasteiger partial charge is 0.338 e. The summed E-state index contributed by atoms with van der Waals surface area (Å²) in [6, 6.07) is 10.4. The molecular formula is C23H24FN3O4S2. The van der Waals surface area contributed by atoms with Gasteiger partial charge in [-0.3, -0.25) is 0 Å². The number of ether oxygens (including phenoxy) is 1. The molecule has 0 spiro atoms. The molecule has 174 valence electrons. The van der Waals surface area contributed by atoms with Gasteiger partial charge >= 0.3 is 5.97 Å². The fraction of sp³-hybridized carbons (Fsp3) is 0.391. The molecule has 0 bridgehead atoms. The summed E-state index contributed by atoms with van der Waals surface area (Å²) in [4.78, 5) is 19.2. The molecule has 0 aliphatic carbocycles. The van der Waals surface area contributed by atoms with Crippen molar-refractivity contribution in [3.63, 3.8) is 0 Å². The maximum atomic E-state index is 13.4. The van der Waals surface area contributed by atoms with Crippen molar-refractivity contribution in [2.24, 2.45) is 5.92 Å². The summed E-state index contributed by atoms with van der Waals surface area (Å²) in [7, 11) is -3.56. The molecule has 3 heterocycles. The van der Waals surface area contributed by atoms with Crippen LogP contribution >= 0.6 is 11.3 Å².